The molecule has 2 atom stereocenters. The van der Waals surface area contributed by atoms with E-state index in [0.717, 1.165) is 68.4 Å². The first kappa shape index (κ1) is 21.5. The van der Waals surface area contributed by atoms with Gasteiger partial charge in [0.25, 0.3) is 0 Å². The zero-order valence-corrected chi connectivity index (χ0v) is 20.4. The molecule has 1 aromatic carbocycles. The summed E-state index contributed by atoms with van der Waals surface area (Å²) in [6.07, 6.45) is 6.05. The van der Waals surface area contributed by atoms with Crippen LogP contribution in [0.2, 0.25) is 0 Å². The van der Waals surface area contributed by atoms with Crippen LogP contribution >= 0.6 is 0 Å². The average molecular weight is 477 g/mol. The van der Waals surface area contributed by atoms with E-state index in [9.17, 15) is 0 Å². The molecule has 0 saturated carbocycles. The minimum Gasteiger partial charge on any atom is -0.467 e. The number of hydrogen-bond acceptors (Lipinski definition) is 8. The summed E-state index contributed by atoms with van der Waals surface area (Å²) in [5, 5.41) is 5.86. The second kappa shape index (κ2) is 8.43. The molecule has 5 aliphatic rings. The van der Waals surface area contributed by atoms with E-state index < -0.39 is 0 Å². The van der Waals surface area contributed by atoms with Gasteiger partial charge in [-0.2, -0.15) is 15.1 Å². The Morgan fingerprint density at radius 2 is 1.74 bits per heavy atom. The number of aryl methyl sites for hydroxylation is 1. The van der Waals surface area contributed by atoms with Gasteiger partial charge >= 0.3 is 6.01 Å². The van der Waals surface area contributed by atoms with E-state index in [2.05, 4.69) is 38.8 Å². The van der Waals surface area contributed by atoms with Crippen LogP contribution in [-0.2, 0) is 9.47 Å². The van der Waals surface area contributed by atoms with E-state index in [-0.39, 0.29) is 0 Å². The van der Waals surface area contributed by atoms with E-state index in [0.29, 0.717) is 30.2 Å². The third kappa shape index (κ3) is 3.77. The molecule has 7 heterocycles. The minimum absolute atomic E-state index is 0.303. The fourth-order valence-electron chi connectivity index (χ4n) is 6.14. The topological polar surface area (TPSA) is 77.8 Å². The van der Waals surface area contributed by atoms with Gasteiger partial charge in [-0.1, -0.05) is 0 Å². The molecule has 0 radical (unpaired) electrons. The number of methoxy groups -OCH3 is 1. The van der Waals surface area contributed by atoms with Crippen molar-refractivity contribution in [3.05, 3.63) is 35.5 Å². The number of fused-ring (bicyclic) bond motifs is 3. The summed E-state index contributed by atoms with van der Waals surface area (Å²) in [6, 6.07) is 7.62. The molecule has 5 fully saturated rings. The number of morpholine rings is 1. The maximum Gasteiger partial charge on any atom is 0.320 e. The van der Waals surface area contributed by atoms with Crippen molar-refractivity contribution in [2.45, 2.75) is 50.4 Å². The van der Waals surface area contributed by atoms with Crippen molar-refractivity contribution in [3.63, 3.8) is 0 Å². The summed E-state index contributed by atoms with van der Waals surface area (Å²) in [5.74, 6) is 2.17. The fraction of sp³-hybridized carbons (Fsp3) is 0.577. The average Bonchev–Trinajstić information content (AvgIpc) is 3.25. The van der Waals surface area contributed by atoms with Crippen LogP contribution in [0.25, 0.3) is 16.7 Å². The van der Waals surface area contributed by atoms with Crippen molar-refractivity contribution in [2.24, 2.45) is 0 Å². The van der Waals surface area contributed by atoms with Crippen LogP contribution in [0.15, 0.2) is 24.4 Å². The quantitative estimate of drug-likeness (QED) is 0.556. The Morgan fingerprint density at radius 1 is 1.00 bits per heavy atom. The third-order valence-electron chi connectivity index (χ3n) is 8.22. The van der Waals surface area contributed by atoms with Crippen LogP contribution in [0.4, 0.5) is 5.82 Å². The van der Waals surface area contributed by atoms with Crippen LogP contribution < -0.4 is 9.64 Å². The predicted molar refractivity (Wildman–Crippen MR) is 132 cm³/mol. The van der Waals surface area contributed by atoms with E-state index in [1.54, 1.807) is 7.11 Å². The third-order valence-corrected chi connectivity index (χ3v) is 8.22. The van der Waals surface area contributed by atoms with Gasteiger partial charge in [0.2, 0.25) is 0 Å². The first-order chi connectivity index (χ1) is 17.1. The zero-order valence-electron chi connectivity index (χ0n) is 20.4. The van der Waals surface area contributed by atoms with Crippen molar-refractivity contribution < 1.29 is 14.2 Å². The Kier molecular flexibility index (Phi) is 5.18. The second-order valence-corrected chi connectivity index (χ2v) is 10.4. The molecule has 2 aromatic heterocycles. The zero-order chi connectivity index (χ0) is 23.5. The van der Waals surface area contributed by atoms with Crippen LogP contribution in [0.5, 0.6) is 6.01 Å². The summed E-state index contributed by atoms with van der Waals surface area (Å²) in [7, 11) is 1.62. The van der Waals surface area contributed by atoms with Gasteiger partial charge in [0.15, 0.2) is 5.82 Å². The van der Waals surface area contributed by atoms with Gasteiger partial charge in [0.1, 0.15) is 5.82 Å². The summed E-state index contributed by atoms with van der Waals surface area (Å²) in [4.78, 5) is 14.2. The highest BCUT2D eigenvalue weighted by atomic mass is 16.5. The Bertz CT molecular complexity index is 1230. The monoisotopic (exact) mass is 476 g/mol. The van der Waals surface area contributed by atoms with Crippen molar-refractivity contribution >= 4 is 16.7 Å². The fourth-order valence-corrected chi connectivity index (χ4v) is 6.14. The molecule has 35 heavy (non-hydrogen) atoms. The van der Waals surface area contributed by atoms with Crippen LogP contribution in [0.1, 0.15) is 36.3 Å². The number of ether oxygens (including phenoxy) is 3. The van der Waals surface area contributed by atoms with Crippen molar-refractivity contribution in [3.8, 4) is 11.8 Å². The molecule has 0 N–H and O–H groups in total. The molecule has 9 nitrogen and oxygen atoms in total. The highest BCUT2D eigenvalue weighted by Crippen LogP contribution is 2.35. The Hall–Kier alpha value is -2.75. The number of nitrogens with zero attached hydrogens (tertiary/aromatic N) is 6. The Morgan fingerprint density at radius 3 is 2.43 bits per heavy atom. The molecule has 184 valence electrons. The number of benzene rings is 1. The summed E-state index contributed by atoms with van der Waals surface area (Å²) >= 11 is 0. The van der Waals surface area contributed by atoms with Gasteiger partial charge < -0.3 is 19.1 Å². The molecule has 0 aliphatic carbocycles. The van der Waals surface area contributed by atoms with Gasteiger partial charge in [0.05, 0.1) is 50.3 Å². The van der Waals surface area contributed by atoms with Crippen LogP contribution in [0, 0.1) is 6.92 Å². The minimum atomic E-state index is 0.303. The molecule has 0 amide bonds. The van der Waals surface area contributed by atoms with Crippen molar-refractivity contribution in [2.75, 3.05) is 51.4 Å². The molecular formula is C26H32N6O3. The predicted octanol–water partition coefficient (Wildman–Crippen LogP) is 2.69. The first-order valence-corrected chi connectivity index (χ1v) is 12.8. The number of rotatable bonds is 5. The molecule has 0 spiro atoms. The normalized spacial score (nSPS) is 25.5. The summed E-state index contributed by atoms with van der Waals surface area (Å²) in [6.45, 7) is 8.01. The Labute approximate surface area is 205 Å². The lowest BCUT2D eigenvalue weighted by atomic mass is 9.85. The molecular weight excluding hydrogens is 444 g/mol. The molecule has 9 heteroatoms. The molecule has 5 aliphatic heterocycles. The molecule has 3 aromatic rings. The molecule has 8 rings (SSSR count). The van der Waals surface area contributed by atoms with E-state index in [1.165, 1.54) is 24.0 Å². The van der Waals surface area contributed by atoms with E-state index in [1.807, 2.05) is 16.9 Å². The lowest BCUT2D eigenvalue weighted by molar-refractivity contribution is -0.133. The van der Waals surface area contributed by atoms with Gasteiger partial charge in [0, 0.05) is 31.0 Å². The number of aromatic nitrogens is 4. The standard InChI is InChI=1S/C26H32N6O3/c1-16-7-18-11-27-32(23(18)9-22(16)17-3-5-30(6-4-17)19-14-34-15-19)25-10-24(28-26(29-25)33-2)31-12-20-8-21(13-31)35-20/h7,9-11,17,19-21H,3-6,8,12-15H2,1-2H3. The van der Waals surface area contributed by atoms with Crippen LogP contribution in [-0.4, -0.2) is 89.4 Å². The number of likely N-dealkylation sites (tertiary alicyclic amines) is 1. The van der Waals surface area contributed by atoms with Gasteiger partial charge in [-0.3, -0.25) is 4.90 Å². The van der Waals surface area contributed by atoms with Gasteiger partial charge in [-0.15, -0.1) is 0 Å². The highest BCUT2D eigenvalue weighted by molar-refractivity contribution is 5.82. The first-order valence-electron chi connectivity index (χ1n) is 12.8. The van der Waals surface area contributed by atoms with Crippen molar-refractivity contribution in [1.29, 1.82) is 0 Å². The van der Waals surface area contributed by atoms with E-state index in [4.69, 9.17) is 19.3 Å². The molecule has 2 bridgehead atoms. The largest absolute Gasteiger partial charge is 0.467 e. The highest BCUT2D eigenvalue weighted by Gasteiger charge is 2.39. The second-order valence-electron chi connectivity index (χ2n) is 10.4. The van der Waals surface area contributed by atoms with Crippen molar-refractivity contribution in [1.82, 2.24) is 24.6 Å². The van der Waals surface area contributed by atoms with Crippen LogP contribution in [0.3, 0.4) is 0 Å². The lowest BCUT2D eigenvalue weighted by Gasteiger charge is -2.47. The summed E-state index contributed by atoms with van der Waals surface area (Å²) < 4.78 is 18.6. The maximum absolute atomic E-state index is 5.81. The lowest BCUT2D eigenvalue weighted by Crippen LogP contribution is -2.57. The van der Waals surface area contributed by atoms with E-state index >= 15 is 0 Å². The number of piperidine rings is 2. The Balaban J connectivity index is 1.21. The molecule has 2 unspecified atom stereocenters. The number of anilines is 1. The van der Waals surface area contributed by atoms with Gasteiger partial charge in [-0.25, -0.2) is 4.68 Å². The SMILES string of the molecule is COc1nc(N2CC3CC(C2)O3)cc(-n2ncc3cc(C)c(C4CCN(C5COC5)CC4)cc32)n1. The smallest absolute Gasteiger partial charge is 0.320 e. The summed E-state index contributed by atoms with van der Waals surface area (Å²) in [5.41, 5.74) is 3.85. The number of hydrogen-bond donors (Lipinski definition) is 0. The maximum atomic E-state index is 5.81. The molecule has 5 saturated heterocycles. The van der Waals surface area contributed by atoms with Gasteiger partial charge in [-0.05, 0) is 62.0 Å².